The molecule has 2 N–H and O–H groups in total. The second-order valence-corrected chi connectivity index (χ2v) is 3.15. The first-order valence-electron chi connectivity index (χ1n) is 4.65. The highest BCUT2D eigenvalue weighted by Crippen LogP contribution is 2.00. The molecule has 0 spiro atoms. The molecular formula is C11H15NO2. The molecule has 0 heterocycles. The minimum absolute atomic E-state index is 0.418. The molecule has 1 rings (SSSR count). The van der Waals surface area contributed by atoms with Gasteiger partial charge in [-0.2, -0.15) is 0 Å². The van der Waals surface area contributed by atoms with Gasteiger partial charge in [0.2, 0.25) is 5.91 Å². The Bertz CT molecular complexity index is 285. The van der Waals surface area contributed by atoms with Crippen LogP contribution in [-0.4, -0.2) is 18.6 Å². The van der Waals surface area contributed by atoms with E-state index in [1.165, 1.54) is 5.56 Å². The van der Waals surface area contributed by atoms with E-state index in [0.29, 0.717) is 6.61 Å². The van der Waals surface area contributed by atoms with Gasteiger partial charge in [0.1, 0.15) is 6.10 Å². The van der Waals surface area contributed by atoms with Crippen molar-refractivity contribution in [3.05, 3.63) is 35.9 Å². The molecule has 1 atom stereocenters. The van der Waals surface area contributed by atoms with Crippen molar-refractivity contribution in [2.24, 2.45) is 5.73 Å². The summed E-state index contributed by atoms with van der Waals surface area (Å²) in [4.78, 5) is 10.6. The zero-order valence-corrected chi connectivity index (χ0v) is 8.27. The topological polar surface area (TPSA) is 52.3 Å². The Balaban J connectivity index is 2.26. The predicted octanol–water partition coefficient (Wildman–Crippen LogP) is 1.12. The molecular weight excluding hydrogens is 178 g/mol. The smallest absolute Gasteiger partial charge is 0.246 e. The molecule has 3 nitrogen and oxygen atoms in total. The van der Waals surface area contributed by atoms with Gasteiger partial charge in [-0.3, -0.25) is 4.79 Å². The van der Waals surface area contributed by atoms with Gasteiger partial charge in [0.15, 0.2) is 0 Å². The lowest BCUT2D eigenvalue weighted by Gasteiger charge is -2.08. The van der Waals surface area contributed by atoms with E-state index in [1.807, 2.05) is 30.3 Å². The standard InChI is InChI=1S/C11H15NO2/c1-9(11(12)13)14-8-7-10-5-3-2-4-6-10/h2-6,9H,7-8H2,1H3,(H2,12,13). The number of carbonyl (C=O) groups excluding carboxylic acids is 1. The largest absolute Gasteiger partial charge is 0.368 e. The third kappa shape index (κ3) is 3.58. The van der Waals surface area contributed by atoms with Crippen LogP contribution in [0.3, 0.4) is 0 Å². The summed E-state index contributed by atoms with van der Waals surface area (Å²) in [5, 5.41) is 0. The fourth-order valence-electron chi connectivity index (χ4n) is 1.08. The highest BCUT2D eigenvalue weighted by atomic mass is 16.5. The molecule has 1 amide bonds. The second kappa shape index (κ2) is 5.40. The Hall–Kier alpha value is -1.35. The molecule has 0 aromatic heterocycles. The lowest BCUT2D eigenvalue weighted by atomic mass is 10.2. The summed E-state index contributed by atoms with van der Waals surface area (Å²) in [6.45, 7) is 2.18. The van der Waals surface area contributed by atoms with Crippen molar-refractivity contribution in [3.63, 3.8) is 0 Å². The Morgan fingerprint density at radius 2 is 2.07 bits per heavy atom. The van der Waals surface area contributed by atoms with E-state index in [4.69, 9.17) is 10.5 Å². The van der Waals surface area contributed by atoms with Crippen LogP contribution in [-0.2, 0) is 16.0 Å². The number of ether oxygens (including phenoxy) is 1. The summed E-state index contributed by atoms with van der Waals surface area (Å²) in [6.07, 6.45) is 0.303. The zero-order chi connectivity index (χ0) is 10.4. The minimum atomic E-state index is -0.501. The van der Waals surface area contributed by atoms with Gasteiger partial charge in [0, 0.05) is 0 Å². The SMILES string of the molecule is CC(OCCc1ccccc1)C(N)=O. The van der Waals surface area contributed by atoms with Crippen molar-refractivity contribution >= 4 is 5.91 Å². The van der Waals surface area contributed by atoms with Crippen molar-refractivity contribution in [1.29, 1.82) is 0 Å². The first-order valence-corrected chi connectivity index (χ1v) is 4.65. The van der Waals surface area contributed by atoms with Gasteiger partial charge in [-0.25, -0.2) is 0 Å². The fraction of sp³-hybridized carbons (Fsp3) is 0.364. The molecule has 0 radical (unpaired) electrons. The van der Waals surface area contributed by atoms with E-state index >= 15 is 0 Å². The predicted molar refractivity (Wildman–Crippen MR) is 54.8 cm³/mol. The lowest BCUT2D eigenvalue weighted by Crippen LogP contribution is -2.28. The second-order valence-electron chi connectivity index (χ2n) is 3.15. The van der Waals surface area contributed by atoms with Gasteiger partial charge < -0.3 is 10.5 Å². The third-order valence-corrected chi connectivity index (χ3v) is 2.00. The molecule has 0 saturated carbocycles. The minimum Gasteiger partial charge on any atom is -0.368 e. The molecule has 0 aliphatic heterocycles. The molecule has 0 fully saturated rings. The Kier molecular flexibility index (Phi) is 4.13. The number of rotatable bonds is 5. The van der Waals surface area contributed by atoms with Crippen LogP contribution in [0.4, 0.5) is 0 Å². The number of benzene rings is 1. The molecule has 0 aliphatic carbocycles. The number of carbonyl (C=O) groups is 1. The highest BCUT2D eigenvalue weighted by Gasteiger charge is 2.07. The maximum absolute atomic E-state index is 10.6. The molecule has 76 valence electrons. The summed E-state index contributed by atoms with van der Waals surface area (Å²) < 4.78 is 5.23. The molecule has 0 bridgehead atoms. The van der Waals surface area contributed by atoms with Crippen molar-refractivity contribution in [1.82, 2.24) is 0 Å². The van der Waals surface area contributed by atoms with E-state index < -0.39 is 12.0 Å². The van der Waals surface area contributed by atoms with Crippen molar-refractivity contribution in [2.45, 2.75) is 19.4 Å². The first-order chi connectivity index (χ1) is 6.70. The van der Waals surface area contributed by atoms with Gasteiger partial charge in [-0.15, -0.1) is 0 Å². The number of hydrogen-bond acceptors (Lipinski definition) is 2. The average molecular weight is 193 g/mol. The van der Waals surface area contributed by atoms with Gasteiger partial charge in [0.25, 0.3) is 0 Å². The lowest BCUT2D eigenvalue weighted by molar-refractivity contribution is -0.128. The molecule has 0 saturated heterocycles. The van der Waals surface area contributed by atoms with Gasteiger partial charge in [-0.05, 0) is 18.9 Å². The van der Waals surface area contributed by atoms with Crippen LogP contribution < -0.4 is 5.73 Å². The van der Waals surface area contributed by atoms with Crippen molar-refractivity contribution < 1.29 is 9.53 Å². The molecule has 3 heteroatoms. The highest BCUT2D eigenvalue weighted by molar-refractivity contribution is 5.78. The molecule has 0 aliphatic rings. The molecule has 1 unspecified atom stereocenters. The summed E-state index contributed by atoms with van der Waals surface area (Å²) in [7, 11) is 0. The maximum Gasteiger partial charge on any atom is 0.246 e. The van der Waals surface area contributed by atoms with E-state index in [9.17, 15) is 4.79 Å². The number of hydrogen-bond donors (Lipinski definition) is 1. The van der Waals surface area contributed by atoms with Gasteiger partial charge >= 0.3 is 0 Å². The number of nitrogens with two attached hydrogens (primary N) is 1. The normalized spacial score (nSPS) is 12.4. The Morgan fingerprint density at radius 1 is 1.43 bits per heavy atom. The Morgan fingerprint density at radius 3 is 2.64 bits per heavy atom. The summed E-state index contributed by atoms with van der Waals surface area (Å²) in [6, 6.07) is 9.98. The third-order valence-electron chi connectivity index (χ3n) is 2.00. The fourth-order valence-corrected chi connectivity index (χ4v) is 1.08. The van der Waals surface area contributed by atoms with Gasteiger partial charge in [-0.1, -0.05) is 30.3 Å². The van der Waals surface area contributed by atoms with Crippen molar-refractivity contribution in [3.8, 4) is 0 Å². The van der Waals surface area contributed by atoms with E-state index in [-0.39, 0.29) is 0 Å². The van der Waals surface area contributed by atoms with Crippen LogP contribution in [0.15, 0.2) is 30.3 Å². The van der Waals surface area contributed by atoms with Crippen LogP contribution in [0.25, 0.3) is 0 Å². The van der Waals surface area contributed by atoms with E-state index in [0.717, 1.165) is 6.42 Å². The van der Waals surface area contributed by atoms with Crippen LogP contribution in [0.1, 0.15) is 12.5 Å². The van der Waals surface area contributed by atoms with Crippen molar-refractivity contribution in [2.75, 3.05) is 6.61 Å². The summed E-state index contributed by atoms with van der Waals surface area (Å²) in [5.74, 6) is -0.418. The molecule has 1 aromatic rings. The average Bonchev–Trinajstić information content (AvgIpc) is 2.19. The van der Waals surface area contributed by atoms with Crippen LogP contribution in [0, 0.1) is 0 Å². The Labute approximate surface area is 83.9 Å². The van der Waals surface area contributed by atoms with Crippen LogP contribution in [0.5, 0.6) is 0 Å². The zero-order valence-electron chi connectivity index (χ0n) is 8.27. The van der Waals surface area contributed by atoms with Crippen LogP contribution >= 0.6 is 0 Å². The quantitative estimate of drug-likeness (QED) is 0.761. The van der Waals surface area contributed by atoms with Gasteiger partial charge in [0.05, 0.1) is 6.61 Å². The number of primary amides is 1. The summed E-state index contributed by atoms with van der Waals surface area (Å²) in [5.41, 5.74) is 6.25. The van der Waals surface area contributed by atoms with E-state index in [1.54, 1.807) is 6.92 Å². The molecule has 14 heavy (non-hydrogen) atoms. The molecule has 1 aromatic carbocycles. The van der Waals surface area contributed by atoms with Crippen LogP contribution in [0.2, 0.25) is 0 Å². The summed E-state index contributed by atoms with van der Waals surface area (Å²) >= 11 is 0. The first kappa shape index (κ1) is 10.7. The van der Waals surface area contributed by atoms with E-state index in [2.05, 4.69) is 0 Å². The number of amides is 1. The maximum atomic E-state index is 10.6. The monoisotopic (exact) mass is 193 g/mol.